The van der Waals surface area contributed by atoms with Gasteiger partial charge in [0.25, 0.3) is 0 Å². The molecule has 25 heavy (non-hydrogen) atoms. The van der Waals surface area contributed by atoms with Crippen molar-refractivity contribution in [3.8, 4) is 0 Å². The summed E-state index contributed by atoms with van der Waals surface area (Å²) < 4.78 is 0. The van der Waals surface area contributed by atoms with E-state index in [9.17, 15) is 29.1 Å². The number of aliphatic hydroxyl groups excluding tert-OH is 1. The van der Waals surface area contributed by atoms with Gasteiger partial charge in [0.1, 0.15) is 18.6 Å². The third-order valence-electron chi connectivity index (χ3n) is 2.78. The van der Waals surface area contributed by atoms with Crippen molar-refractivity contribution in [3.05, 3.63) is 0 Å². The fourth-order valence-corrected chi connectivity index (χ4v) is 1.76. The van der Waals surface area contributed by atoms with Crippen molar-refractivity contribution >= 4 is 42.3 Å². The molecule has 0 aliphatic heterocycles. The van der Waals surface area contributed by atoms with Gasteiger partial charge in [-0.15, -0.1) is 0 Å². The summed E-state index contributed by atoms with van der Waals surface area (Å²) in [6, 6.07) is -4.13. The molecular formula is C12H20N4O8S. The summed E-state index contributed by atoms with van der Waals surface area (Å²) in [6.07, 6.45) is -0.678. The molecule has 0 aromatic heterocycles. The maximum atomic E-state index is 12.0. The van der Waals surface area contributed by atoms with Gasteiger partial charge in [-0.3, -0.25) is 24.0 Å². The third-order valence-corrected chi connectivity index (χ3v) is 3.14. The monoisotopic (exact) mass is 380 g/mol. The Hall–Kier alpha value is -2.38. The van der Waals surface area contributed by atoms with Gasteiger partial charge >= 0.3 is 11.9 Å². The van der Waals surface area contributed by atoms with Gasteiger partial charge in [-0.1, -0.05) is 0 Å². The van der Waals surface area contributed by atoms with E-state index in [4.69, 9.17) is 15.9 Å². The van der Waals surface area contributed by atoms with Crippen LogP contribution in [0.25, 0.3) is 0 Å². The lowest BCUT2D eigenvalue weighted by Crippen LogP contribution is -2.57. The second-order valence-electron chi connectivity index (χ2n) is 4.80. The molecule has 3 unspecified atom stereocenters. The van der Waals surface area contributed by atoms with Gasteiger partial charge in [-0.25, -0.2) is 0 Å². The number of aliphatic hydroxyl groups is 1. The van der Waals surface area contributed by atoms with Crippen LogP contribution in [0.5, 0.6) is 0 Å². The number of nitrogens with two attached hydrogens (primary N) is 1. The normalized spacial score (nSPS) is 13.9. The second kappa shape index (κ2) is 11.2. The minimum absolute atomic E-state index is 0.179. The highest BCUT2D eigenvalue weighted by molar-refractivity contribution is 7.80. The number of nitrogens with one attached hydrogen (secondary N) is 3. The zero-order chi connectivity index (χ0) is 19.6. The van der Waals surface area contributed by atoms with Crippen LogP contribution >= 0.6 is 12.6 Å². The van der Waals surface area contributed by atoms with Crippen molar-refractivity contribution in [2.24, 2.45) is 5.73 Å². The molecule has 12 nitrogen and oxygen atoms in total. The maximum absolute atomic E-state index is 12.0. The van der Waals surface area contributed by atoms with Crippen LogP contribution in [0, 0.1) is 0 Å². The van der Waals surface area contributed by atoms with Crippen molar-refractivity contribution in [2.75, 3.05) is 18.9 Å². The average molecular weight is 380 g/mol. The van der Waals surface area contributed by atoms with Crippen LogP contribution in [-0.2, 0) is 24.0 Å². The number of amides is 3. The highest BCUT2D eigenvalue weighted by Gasteiger charge is 2.27. The van der Waals surface area contributed by atoms with Crippen LogP contribution in [0.2, 0.25) is 0 Å². The topological polar surface area (TPSA) is 208 Å². The number of hydrogen-bond acceptors (Lipinski definition) is 8. The lowest BCUT2D eigenvalue weighted by atomic mass is 10.2. The fourth-order valence-electron chi connectivity index (χ4n) is 1.51. The highest BCUT2D eigenvalue weighted by Crippen LogP contribution is 1.94. The van der Waals surface area contributed by atoms with Crippen molar-refractivity contribution in [3.63, 3.8) is 0 Å². The zero-order valence-electron chi connectivity index (χ0n) is 13.0. The average Bonchev–Trinajstić information content (AvgIpc) is 2.53. The molecule has 0 heterocycles. The van der Waals surface area contributed by atoms with Crippen LogP contribution in [0.1, 0.15) is 6.42 Å². The van der Waals surface area contributed by atoms with E-state index in [0.717, 1.165) is 0 Å². The van der Waals surface area contributed by atoms with E-state index in [2.05, 4.69) is 23.3 Å². The summed E-state index contributed by atoms with van der Waals surface area (Å²) in [6.45, 7) is -1.50. The Bertz CT molecular complexity index is 529. The van der Waals surface area contributed by atoms with E-state index < -0.39 is 67.4 Å². The summed E-state index contributed by atoms with van der Waals surface area (Å²) >= 11 is 3.85. The molecule has 0 rings (SSSR count). The van der Waals surface area contributed by atoms with Gasteiger partial charge in [0.05, 0.1) is 19.1 Å². The molecule has 0 saturated carbocycles. The van der Waals surface area contributed by atoms with Gasteiger partial charge < -0.3 is 37.0 Å². The van der Waals surface area contributed by atoms with Crippen LogP contribution in [-0.4, -0.2) is 82.0 Å². The molecule has 0 aromatic carbocycles. The number of carbonyl (C=O) groups excluding carboxylic acids is 3. The van der Waals surface area contributed by atoms with Crippen LogP contribution in [0.4, 0.5) is 0 Å². The molecule has 0 aliphatic carbocycles. The summed E-state index contributed by atoms with van der Waals surface area (Å²) in [5.41, 5.74) is 5.33. The predicted octanol–water partition coefficient (Wildman–Crippen LogP) is -4.12. The molecular weight excluding hydrogens is 360 g/mol. The fraction of sp³-hybridized carbons (Fsp3) is 0.583. The number of rotatable bonds is 11. The molecule has 0 aliphatic rings. The minimum atomic E-state index is -1.48. The first kappa shape index (κ1) is 22.6. The smallest absolute Gasteiger partial charge is 0.322 e. The molecule has 0 radical (unpaired) electrons. The first-order valence-electron chi connectivity index (χ1n) is 6.91. The van der Waals surface area contributed by atoms with Gasteiger partial charge in [0, 0.05) is 5.75 Å². The molecule has 0 spiro atoms. The highest BCUT2D eigenvalue weighted by atomic mass is 32.1. The van der Waals surface area contributed by atoms with Gasteiger partial charge in [0.2, 0.25) is 17.7 Å². The SMILES string of the molecule is NC(CC(=O)O)C(=O)NC(CO)C(=O)NC(CS)C(=O)NCC(=O)O. The summed E-state index contributed by atoms with van der Waals surface area (Å²) in [4.78, 5) is 56.3. The van der Waals surface area contributed by atoms with Gasteiger partial charge in [-0.05, 0) is 0 Å². The Morgan fingerprint density at radius 1 is 0.920 bits per heavy atom. The van der Waals surface area contributed by atoms with Crippen molar-refractivity contribution in [1.82, 2.24) is 16.0 Å². The number of carboxylic acid groups (broad SMARTS) is 2. The molecule has 3 amide bonds. The Morgan fingerprint density at radius 3 is 1.92 bits per heavy atom. The van der Waals surface area contributed by atoms with Crippen LogP contribution in [0.3, 0.4) is 0 Å². The molecule has 142 valence electrons. The maximum Gasteiger partial charge on any atom is 0.322 e. The molecule has 0 saturated heterocycles. The molecule has 0 bridgehead atoms. The van der Waals surface area contributed by atoms with Crippen LogP contribution < -0.4 is 21.7 Å². The van der Waals surface area contributed by atoms with E-state index in [1.54, 1.807) is 0 Å². The largest absolute Gasteiger partial charge is 0.481 e. The van der Waals surface area contributed by atoms with Gasteiger partial charge in [-0.2, -0.15) is 12.6 Å². The first-order chi connectivity index (χ1) is 11.6. The number of carbonyl (C=O) groups is 5. The van der Waals surface area contributed by atoms with Crippen LogP contribution in [0.15, 0.2) is 0 Å². The number of hydrogen-bond donors (Lipinski definition) is 8. The Morgan fingerprint density at radius 2 is 1.48 bits per heavy atom. The number of aliphatic carboxylic acids is 2. The second-order valence-corrected chi connectivity index (χ2v) is 5.17. The molecule has 0 aromatic rings. The first-order valence-corrected chi connectivity index (χ1v) is 7.54. The van der Waals surface area contributed by atoms with Gasteiger partial charge in [0.15, 0.2) is 0 Å². The molecule has 8 N–H and O–H groups in total. The van der Waals surface area contributed by atoms with E-state index in [-0.39, 0.29) is 5.75 Å². The van der Waals surface area contributed by atoms with E-state index >= 15 is 0 Å². The van der Waals surface area contributed by atoms with E-state index in [1.165, 1.54) is 0 Å². The summed E-state index contributed by atoms with van der Waals surface area (Å²) in [7, 11) is 0. The Labute approximate surface area is 147 Å². The predicted molar refractivity (Wildman–Crippen MR) is 85.7 cm³/mol. The summed E-state index contributed by atoms with van der Waals surface area (Å²) in [5.74, 6) is -5.54. The van der Waals surface area contributed by atoms with Crippen molar-refractivity contribution < 1.29 is 39.3 Å². The molecule has 0 fully saturated rings. The van der Waals surface area contributed by atoms with E-state index in [0.29, 0.717) is 0 Å². The zero-order valence-corrected chi connectivity index (χ0v) is 13.9. The number of thiol groups is 1. The third kappa shape index (κ3) is 8.88. The van der Waals surface area contributed by atoms with Crippen molar-refractivity contribution in [1.29, 1.82) is 0 Å². The number of carboxylic acids is 2. The summed E-state index contributed by atoms with van der Waals surface area (Å²) in [5, 5.41) is 32.5. The molecule has 13 heteroatoms. The van der Waals surface area contributed by atoms with Crippen molar-refractivity contribution in [2.45, 2.75) is 24.5 Å². The molecule has 3 atom stereocenters. The standard InChI is InChI=1S/C12H20N4O8S/c13-5(1-8(18)19)10(22)15-6(3-17)12(24)16-7(4-25)11(23)14-2-9(20)21/h5-7,17,25H,1-4,13H2,(H,14,23)(H,15,22)(H,16,24)(H,18,19)(H,20,21). The minimum Gasteiger partial charge on any atom is -0.481 e. The Balaban J connectivity index is 4.74. The lowest BCUT2D eigenvalue weighted by molar-refractivity contribution is -0.140. The lowest BCUT2D eigenvalue weighted by Gasteiger charge is -2.21. The quantitative estimate of drug-likeness (QED) is 0.163. The van der Waals surface area contributed by atoms with E-state index in [1.807, 2.05) is 5.32 Å². The Kier molecular flexibility index (Phi) is 10.2.